The van der Waals surface area contributed by atoms with Gasteiger partial charge in [0, 0.05) is 49.9 Å². The minimum absolute atomic E-state index is 0.842. The molecule has 3 nitrogen and oxygen atoms in total. The van der Waals surface area contributed by atoms with Crippen LogP contribution in [0.25, 0.3) is 0 Å². The topological polar surface area (TPSA) is 32.5 Å². The Morgan fingerprint density at radius 2 is 1.78 bits per heavy atom. The molecule has 0 saturated carbocycles. The molecular weight excluding hydrogens is 242 g/mol. The summed E-state index contributed by atoms with van der Waals surface area (Å²) in [5.74, 6) is 2.49. The molecular formula is C14H23N3S. The van der Waals surface area contributed by atoms with Crippen LogP contribution in [-0.2, 0) is 0 Å². The SMILES string of the molecule is CCSCCN1CCN(c2ccc(N)cc2)CC1. The molecule has 0 unspecified atom stereocenters. The fourth-order valence-corrected chi connectivity index (χ4v) is 2.93. The van der Waals surface area contributed by atoms with Crippen molar-refractivity contribution < 1.29 is 0 Å². The lowest BCUT2D eigenvalue weighted by Gasteiger charge is -2.36. The maximum absolute atomic E-state index is 5.72. The van der Waals surface area contributed by atoms with Gasteiger partial charge in [0.1, 0.15) is 0 Å². The first-order valence-corrected chi connectivity index (χ1v) is 7.85. The van der Waals surface area contributed by atoms with Crippen LogP contribution in [0.1, 0.15) is 6.92 Å². The first-order chi connectivity index (χ1) is 8.79. The third kappa shape index (κ3) is 3.82. The molecule has 1 saturated heterocycles. The van der Waals surface area contributed by atoms with Gasteiger partial charge in [-0.05, 0) is 30.0 Å². The van der Waals surface area contributed by atoms with E-state index in [0.29, 0.717) is 0 Å². The maximum Gasteiger partial charge on any atom is 0.0368 e. The van der Waals surface area contributed by atoms with Gasteiger partial charge in [0.15, 0.2) is 0 Å². The number of rotatable bonds is 5. The molecule has 0 aromatic heterocycles. The summed E-state index contributed by atoms with van der Waals surface area (Å²) in [5, 5.41) is 0. The van der Waals surface area contributed by atoms with Crippen molar-refractivity contribution in [2.45, 2.75) is 6.92 Å². The summed E-state index contributed by atoms with van der Waals surface area (Å²) in [7, 11) is 0. The van der Waals surface area contributed by atoms with E-state index in [1.54, 1.807) is 0 Å². The quantitative estimate of drug-likeness (QED) is 0.653. The molecule has 1 aromatic rings. The fourth-order valence-electron chi connectivity index (χ4n) is 2.25. The zero-order valence-electron chi connectivity index (χ0n) is 11.1. The largest absolute Gasteiger partial charge is 0.399 e. The van der Waals surface area contributed by atoms with Gasteiger partial charge in [-0.25, -0.2) is 0 Å². The van der Waals surface area contributed by atoms with E-state index in [-0.39, 0.29) is 0 Å². The number of anilines is 2. The number of piperazine rings is 1. The van der Waals surface area contributed by atoms with Crippen LogP contribution in [0, 0.1) is 0 Å². The number of nitrogens with zero attached hydrogens (tertiary/aromatic N) is 2. The van der Waals surface area contributed by atoms with E-state index in [0.717, 1.165) is 18.8 Å². The highest BCUT2D eigenvalue weighted by Crippen LogP contribution is 2.18. The molecule has 2 N–H and O–H groups in total. The summed E-state index contributed by atoms with van der Waals surface area (Å²) in [5.41, 5.74) is 7.86. The first kappa shape index (κ1) is 13.6. The highest BCUT2D eigenvalue weighted by molar-refractivity contribution is 7.99. The Morgan fingerprint density at radius 3 is 2.39 bits per heavy atom. The van der Waals surface area contributed by atoms with E-state index in [1.807, 2.05) is 23.9 Å². The van der Waals surface area contributed by atoms with Gasteiger partial charge in [0.2, 0.25) is 0 Å². The molecule has 0 radical (unpaired) electrons. The van der Waals surface area contributed by atoms with Crippen LogP contribution in [0.5, 0.6) is 0 Å². The molecule has 0 spiro atoms. The van der Waals surface area contributed by atoms with Gasteiger partial charge < -0.3 is 10.6 Å². The molecule has 1 fully saturated rings. The summed E-state index contributed by atoms with van der Waals surface area (Å²) >= 11 is 2.03. The summed E-state index contributed by atoms with van der Waals surface area (Å²) in [6.07, 6.45) is 0. The second-order valence-electron chi connectivity index (χ2n) is 4.62. The van der Waals surface area contributed by atoms with E-state index in [1.165, 1.54) is 36.8 Å². The van der Waals surface area contributed by atoms with Crippen molar-refractivity contribution in [1.82, 2.24) is 4.90 Å². The molecule has 1 heterocycles. The molecule has 18 heavy (non-hydrogen) atoms. The van der Waals surface area contributed by atoms with Crippen molar-refractivity contribution in [2.24, 2.45) is 0 Å². The van der Waals surface area contributed by atoms with E-state index in [2.05, 4.69) is 28.9 Å². The van der Waals surface area contributed by atoms with Crippen molar-refractivity contribution in [3.63, 3.8) is 0 Å². The lowest BCUT2D eigenvalue weighted by Crippen LogP contribution is -2.47. The van der Waals surface area contributed by atoms with Gasteiger partial charge in [-0.2, -0.15) is 11.8 Å². The van der Waals surface area contributed by atoms with Crippen LogP contribution in [0.4, 0.5) is 11.4 Å². The molecule has 0 aliphatic carbocycles. The molecule has 100 valence electrons. The van der Waals surface area contributed by atoms with Crippen LogP contribution >= 0.6 is 11.8 Å². The number of hydrogen-bond acceptors (Lipinski definition) is 4. The number of thioether (sulfide) groups is 1. The van der Waals surface area contributed by atoms with Crippen molar-refractivity contribution in [3.05, 3.63) is 24.3 Å². The average molecular weight is 265 g/mol. The van der Waals surface area contributed by atoms with Crippen LogP contribution in [0.3, 0.4) is 0 Å². The molecule has 0 bridgehead atoms. The zero-order valence-corrected chi connectivity index (χ0v) is 12.0. The van der Waals surface area contributed by atoms with Crippen molar-refractivity contribution in [2.75, 3.05) is 54.9 Å². The second kappa shape index (κ2) is 6.90. The highest BCUT2D eigenvalue weighted by atomic mass is 32.2. The van der Waals surface area contributed by atoms with E-state index >= 15 is 0 Å². The number of nitrogens with two attached hydrogens (primary N) is 1. The molecule has 0 amide bonds. The number of nitrogen functional groups attached to an aromatic ring is 1. The van der Waals surface area contributed by atoms with E-state index < -0.39 is 0 Å². The van der Waals surface area contributed by atoms with E-state index in [9.17, 15) is 0 Å². The fraction of sp³-hybridized carbons (Fsp3) is 0.571. The predicted molar refractivity (Wildman–Crippen MR) is 82.5 cm³/mol. The van der Waals surface area contributed by atoms with Crippen LogP contribution in [0.2, 0.25) is 0 Å². The summed E-state index contributed by atoms with van der Waals surface area (Å²) in [6, 6.07) is 8.22. The maximum atomic E-state index is 5.72. The van der Waals surface area contributed by atoms with Crippen LogP contribution in [0.15, 0.2) is 24.3 Å². The molecule has 1 aliphatic heterocycles. The van der Waals surface area contributed by atoms with Crippen LogP contribution < -0.4 is 10.6 Å². The van der Waals surface area contributed by atoms with Gasteiger partial charge in [-0.1, -0.05) is 6.92 Å². The number of hydrogen-bond donors (Lipinski definition) is 1. The Bertz CT molecular complexity index is 345. The van der Waals surface area contributed by atoms with Crippen molar-refractivity contribution in [3.8, 4) is 0 Å². The molecule has 0 atom stereocenters. The zero-order chi connectivity index (χ0) is 12.8. The molecule has 4 heteroatoms. The average Bonchev–Trinajstić information content (AvgIpc) is 2.41. The Kier molecular flexibility index (Phi) is 5.20. The van der Waals surface area contributed by atoms with Crippen LogP contribution in [-0.4, -0.2) is 49.1 Å². The molecule has 1 aliphatic rings. The third-order valence-electron chi connectivity index (χ3n) is 3.39. The summed E-state index contributed by atoms with van der Waals surface area (Å²) in [6.45, 7) is 8.06. The van der Waals surface area contributed by atoms with E-state index in [4.69, 9.17) is 5.73 Å². The second-order valence-corrected chi connectivity index (χ2v) is 6.01. The molecule has 2 rings (SSSR count). The van der Waals surface area contributed by atoms with Gasteiger partial charge in [0.25, 0.3) is 0 Å². The monoisotopic (exact) mass is 265 g/mol. The third-order valence-corrected chi connectivity index (χ3v) is 4.27. The van der Waals surface area contributed by atoms with Gasteiger partial charge in [0.05, 0.1) is 0 Å². The standard InChI is InChI=1S/C14H23N3S/c1-2-18-12-11-16-7-9-17(10-8-16)14-5-3-13(15)4-6-14/h3-6H,2,7-12,15H2,1H3. The lowest BCUT2D eigenvalue weighted by molar-refractivity contribution is 0.273. The predicted octanol–water partition coefficient (Wildman–Crippen LogP) is 2.14. The van der Waals surface area contributed by atoms with Crippen molar-refractivity contribution in [1.29, 1.82) is 0 Å². The van der Waals surface area contributed by atoms with Gasteiger partial charge in [-0.15, -0.1) is 0 Å². The van der Waals surface area contributed by atoms with Gasteiger partial charge >= 0.3 is 0 Å². The lowest BCUT2D eigenvalue weighted by atomic mass is 10.2. The van der Waals surface area contributed by atoms with Gasteiger partial charge in [-0.3, -0.25) is 4.90 Å². The number of benzene rings is 1. The van der Waals surface area contributed by atoms with Crippen molar-refractivity contribution >= 4 is 23.1 Å². The Hall–Kier alpha value is -0.870. The Morgan fingerprint density at radius 1 is 1.11 bits per heavy atom. The minimum atomic E-state index is 0.842. The highest BCUT2D eigenvalue weighted by Gasteiger charge is 2.16. The summed E-state index contributed by atoms with van der Waals surface area (Å²) < 4.78 is 0. The first-order valence-electron chi connectivity index (χ1n) is 6.70. The summed E-state index contributed by atoms with van der Waals surface area (Å²) in [4.78, 5) is 5.01. The Balaban J connectivity index is 1.77. The minimum Gasteiger partial charge on any atom is -0.399 e. The molecule has 1 aromatic carbocycles. The normalized spacial score (nSPS) is 17.1. The Labute approximate surface area is 114 Å². The smallest absolute Gasteiger partial charge is 0.0368 e.